The topological polar surface area (TPSA) is 97.5 Å². The van der Waals surface area contributed by atoms with Gasteiger partial charge in [-0.2, -0.15) is 8.42 Å². The molecule has 0 radical (unpaired) electrons. The fourth-order valence-electron chi connectivity index (χ4n) is 1.78. The second-order valence-corrected chi connectivity index (χ2v) is 4.88. The Labute approximate surface area is 97.6 Å². The third-order valence-corrected chi connectivity index (χ3v) is 3.42. The van der Waals surface area contributed by atoms with Crippen molar-refractivity contribution in [2.24, 2.45) is 0 Å². The molecule has 0 spiro atoms. The average molecular weight is 251 g/mol. The highest BCUT2D eigenvalue weighted by Crippen LogP contribution is 2.29. The fourth-order valence-corrected chi connectivity index (χ4v) is 2.58. The van der Waals surface area contributed by atoms with Gasteiger partial charge in [-0.15, -0.1) is 0 Å². The van der Waals surface area contributed by atoms with Gasteiger partial charge in [0, 0.05) is 5.56 Å². The molecule has 0 bridgehead atoms. The first kappa shape index (κ1) is 11.6. The molecule has 2 rings (SSSR count). The molecule has 0 aliphatic rings. The number of hydrogen-bond acceptors (Lipinski definition) is 4. The van der Waals surface area contributed by atoms with Gasteiger partial charge < -0.3 is 5.73 Å². The van der Waals surface area contributed by atoms with Crippen molar-refractivity contribution in [2.75, 3.05) is 5.73 Å². The van der Waals surface area contributed by atoms with Gasteiger partial charge in [0.15, 0.2) is 6.29 Å². The largest absolute Gasteiger partial charge is 0.398 e. The number of benzene rings is 2. The first-order valence-electron chi connectivity index (χ1n) is 4.69. The lowest BCUT2D eigenvalue weighted by Gasteiger charge is -2.09. The van der Waals surface area contributed by atoms with Crippen LogP contribution in [0.4, 0.5) is 5.69 Å². The normalized spacial score (nSPS) is 11.6. The Balaban J connectivity index is 3.04. The quantitative estimate of drug-likeness (QED) is 0.478. The van der Waals surface area contributed by atoms with E-state index >= 15 is 0 Å². The molecular weight excluding hydrogens is 242 g/mol. The van der Waals surface area contributed by atoms with Crippen molar-refractivity contribution in [1.82, 2.24) is 0 Å². The molecule has 0 saturated heterocycles. The molecule has 0 saturated carbocycles. The number of anilines is 1. The Kier molecular flexibility index (Phi) is 2.60. The third-order valence-electron chi connectivity index (χ3n) is 2.44. The van der Waals surface area contributed by atoms with Crippen molar-refractivity contribution in [3.05, 3.63) is 35.9 Å². The number of fused-ring (bicyclic) bond motifs is 1. The minimum absolute atomic E-state index is 0.122. The van der Waals surface area contributed by atoms with Crippen molar-refractivity contribution in [3.63, 3.8) is 0 Å². The highest BCUT2D eigenvalue weighted by Gasteiger charge is 2.21. The Morgan fingerprint density at radius 1 is 1.24 bits per heavy atom. The maximum atomic E-state index is 11.2. The summed E-state index contributed by atoms with van der Waals surface area (Å²) in [7, 11) is -4.52. The van der Waals surface area contributed by atoms with E-state index in [4.69, 9.17) is 10.3 Å². The van der Waals surface area contributed by atoms with Crippen LogP contribution in [0, 0.1) is 0 Å². The maximum absolute atomic E-state index is 11.2. The summed E-state index contributed by atoms with van der Waals surface area (Å²) in [5.41, 5.74) is 5.28. The molecular formula is C11H9NO4S. The van der Waals surface area contributed by atoms with Gasteiger partial charge in [-0.3, -0.25) is 9.35 Å². The van der Waals surface area contributed by atoms with Crippen LogP contribution < -0.4 is 5.73 Å². The maximum Gasteiger partial charge on any atom is 0.297 e. The van der Waals surface area contributed by atoms with E-state index in [1.807, 2.05) is 0 Å². The molecule has 0 amide bonds. The van der Waals surface area contributed by atoms with E-state index in [1.165, 1.54) is 6.07 Å². The zero-order valence-electron chi connectivity index (χ0n) is 8.62. The summed E-state index contributed by atoms with van der Waals surface area (Å²) in [6, 6.07) is 8.11. The summed E-state index contributed by atoms with van der Waals surface area (Å²) in [5, 5.41) is 1.07. The second-order valence-electron chi connectivity index (χ2n) is 3.52. The Morgan fingerprint density at radius 3 is 2.47 bits per heavy atom. The number of carbonyl (C=O) groups excluding carboxylic acids is 1. The summed E-state index contributed by atoms with van der Waals surface area (Å²) in [5.74, 6) is 0. The highest BCUT2D eigenvalue weighted by molar-refractivity contribution is 7.86. The van der Waals surface area contributed by atoms with Crippen LogP contribution in [0.1, 0.15) is 10.4 Å². The first-order chi connectivity index (χ1) is 7.95. The van der Waals surface area contributed by atoms with Gasteiger partial charge in [-0.25, -0.2) is 0 Å². The van der Waals surface area contributed by atoms with E-state index in [0.717, 1.165) is 0 Å². The van der Waals surface area contributed by atoms with Crippen LogP contribution in [0.2, 0.25) is 0 Å². The zero-order chi connectivity index (χ0) is 12.6. The smallest absolute Gasteiger partial charge is 0.297 e. The molecule has 5 nitrogen and oxygen atoms in total. The zero-order valence-corrected chi connectivity index (χ0v) is 9.44. The first-order valence-corrected chi connectivity index (χ1v) is 6.13. The number of rotatable bonds is 2. The fraction of sp³-hybridized carbons (Fsp3) is 0. The Morgan fingerprint density at radius 2 is 1.88 bits per heavy atom. The van der Waals surface area contributed by atoms with E-state index in [-0.39, 0.29) is 11.3 Å². The van der Waals surface area contributed by atoms with Crippen LogP contribution >= 0.6 is 0 Å². The lowest BCUT2D eigenvalue weighted by molar-refractivity contribution is 0.112. The molecule has 0 heterocycles. The van der Waals surface area contributed by atoms with E-state index in [9.17, 15) is 13.2 Å². The van der Waals surface area contributed by atoms with E-state index in [0.29, 0.717) is 17.1 Å². The highest BCUT2D eigenvalue weighted by atomic mass is 32.2. The number of hydrogen-bond donors (Lipinski definition) is 2. The van der Waals surface area contributed by atoms with Crippen molar-refractivity contribution in [2.45, 2.75) is 4.90 Å². The summed E-state index contributed by atoms with van der Waals surface area (Å²) in [6.07, 6.45) is 0.377. The Bertz CT molecular complexity index is 707. The molecule has 0 fully saturated rings. The number of nitrogens with two attached hydrogens (primary N) is 1. The van der Waals surface area contributed by atoms with Gasteiger partial charge in [-0.05, 0) is 16.8 Å². The van der Waals surface area contributed by atoms with E-state index in [2.05, 4.69) is 0 Å². The number of aldehydes is 1. The lowest BCUT2D eigenvalue weighted by Crippen LogP contribution is -2.07. The summed E-state index contributed by atoms with van der Waals surface area (Å²) in [4.78, 5) is 10.5. The number of carbonyl (C=O) groups is 1. The minimum atomic E-state index is -4.52. The van der Waals surface area contributed by atoms with Gasteiger partial charge in [-0.1, -0.05) is 24.3 Å². The lowest BCUT2D eigenvalue weighted by atomic mass is 10.0. The summed E-state index contributed by atoms with van der Waals surface area (Å²) in [6.45, 7) is 0. The van der Waals surface area contributed by atoms with Gasteiger partial charge in [0.05, 0.1) is 5.69 Å². The molecule has 17 heavy (non-hydrogen) atoms. The number of nitrogen functional groups attached to an aromatic ring is 1. The standard InChI is InChI=1S/C11H9NO4S/c12-10-5-7-3-1-2-4-8(7)9(6-13)11(10)17(14,15)16/h1-6H,12H2,(H,14,15,16). The van der Waals surface area contributed by atoms with Crippen molar-refractivity contribution in [3.8, 4) is 0 Å². The van der Waals surface area contributed by atoms with Gasteiger partial charge in [0.1, 0.15) is 4.90 Å². The molecule has 88 valence electrons. The Hall–Kier alpha value is -1.92. The predicted octanol–water partition coefficient (Wildman–Crippen LogP) is 1.48. The molecule has 0 aromatic heterocycles. The predicted molar refractivity (Wildman–Crippen MR) is 63.6 cm³/mol. The molecule has 0 aliphatic heterocycles. The van der Waals surface area contributed by atoms with Crippen LogP contribution in [-0.2, 0) is 10.1 Å². The monoisotopic (exact) mass is 251 g/mol. The van der Waals surface area contributed by atoms with Crippen molar-refractivity contribution < 1.29 is 17.8 Å². The SMILES string of the molecule is Nc1cc2ccccc2c(C=O)c1S(=O)(=O)O. The van der Waals surface area contributed by atoms with Crippen LogP contribution in [0.5, 0.6) is 0 Å². The molecule has 6 heteroatoms. The molecule has 2 aromatic rings. The minimum Gasteiger partial charge on any atom is -0.398 e. The summed E-state index contributed by atoms with van der Waals surface area (Å²) < 4.78 is 31.5. The molecule has 0 aliphatic carbocycles. The third kappa shape index (κ3) is 1.88. The van der Waals surface area contributed by atoms with E-state index in [1.54, 1.807) is 24.3 Å². The van der Waals surface area contributed by atoms with Crippen LogP contribution in [0.3, 0.4) is 0 Å². The molecule has 2 aromatic carbocycles. The van der Waals surface area contributed by atoms with E-state index < -0.39 is 15.0 Å². The van der Waals surface area contributed by atoms with Gasteiger partial charge in [0.2, 0.25) is 0 Å². The van der Waals surface area contributed by atoms with Crippen LogP contribution in [0.15, 0.2) is 35.2 Å². The van der Waals surface area contributed by atoms with Crippen LogP contribution in [-0.4, -0.2) is 19.3 Å². The van der Waals surface area contributed by atoms with Gasteiger partial charge >= 0.3 is 0 Å². The average Bonchev–Trinajstić information content (AvgIpc) is 2.25. The molecule has 3 N–H and O–H groups in total. The van der Waals surface area contributed by atoms with Crippen molar-refractivity contribution in [1.29, 1.82) is 0 Å². The van der Waals surface area contributed by atoms with Crippen LogP contribution in [0.25, 0.3) is 10.8 Å². The van der Waals surface area contributed by atoms with Gasteiger partial charge in [0.25, 0.3) is 10.1 Å². The molecule has 0 atom stereocenters. The summed E-state index contributed by atoms with van der Waals surface area (Å²) >= 11 is 0. The second kappa shape index (κ2) is 3.83. The van der Waals surface area contributed by atoms with Crippen molar-refractivity contribution >= 4 is 32.9 Å². The molecule has 0 unspecified atom stereocenters.